The number of amides is 1. The number of nitrogens with zero attached hydrogens (tertiary/aromatic N) is 3. The quantitative estimate of drug-likeness (QED) is 0.614. The van der Waals surface area contributed by atoms with E-state index in [0.717, 1.165) is 29.8 Å². The van der Waals surface area contributed by atoms with E-state index in [1.165, 1.54) is 11.3 Å². The average molecular weight is 463 g/mol. The van der Waals surface area contributed by atoms with E-state index in [1.807, 2.05) is 17.5 Å². The number of carbonyl (C=O) groups excluding carboxylic acids is 1. The normalized spacial score (nSPS) is 20.4. The number of aromatic nitrogens is 3. The molecule has 0 bridgehead atoms. The summed E-state index contributed by atoms with van der Waals surface area (Å²) in [5.41, 5.74) is 2.93. The molecule has 1 N–H and O–H groups in total. The van der Waals surface area contributed by atoms with Gasteiger partial charge in [-0.2, -0.15) is 5.10 Å². The molecule has 0 spiro atoms. The van der Waals surface area contributed by atoms with E-state index in [9.17, 15) is 13.2 Å². The summed E-state index contributed by atoms with van der Waals surface area (Å²) < 4.78 is 25.6. The lowest BCUT2D eigenvalue weighted by Crippen LogP contribution is -2.17. The van der Waals surface area contributed by atoms with Gasteiger partial charge in [-0.25, -0.2) is 13.4 Å². The number of rotatable bonds is 5. The lowest BCUT2D eigenvalue weighted by Gasteiger charge is -2.12. The molecule has 2 aliphatic rings. The molecule has 1 aromatic carbocycles. The maximum absolute atomic E-state index is 12.8. The maximum Gasteiger partial charge on any atom is 0.277 e. The molecule has 7 nitrogen and oxygen atoms in total. The topological polar surface area (TPSA) is 94.0 Å². The standard InChI is InChI=1S/C20H19ClN4O3S2/c21-14-5-3-12(4-6-14)17-10-29-20(22-17)23-19(26)16-9-18(13-1-2-13)25(24-16)15-7-8-30(27,28)11-15/h3-6,9-10,13,15H,1-2,7-8,11H2,(H,22,23,26). The fourth-order valence-electron chi connectivity index (χ4n) is 3.71. The maximum atomic E-state index is 12.8. The number of carbonyl (C=O) groups is 1. The molecule has 2 fully saturated rings. The first-order valence-corrected chi connectivity index (χ1v) is 12.8. The monoisotopic (exact) mass is 462 g/mol. The van der Waals surface area contributed by atoms with Crippen LogP contribution in [0, 0.1) is 0 Å². The SMILES string of the molecule is O=C(Nc1nc(-c2ccc(Cl)cc2)cs1)c1cc(C2CC2)n(C2CCS(=O)(=O)C2)n1. The van der Waals surface area contributed by atoms with E-state index in [1.54, 1.807) is 22.9 Å². The molecule has 1 atom stereocenters. The van der Waals surface area contributed by atoms with Crippen molar-refractivity contribution in [2.75, 3.05) is 16.8 Å². The predicted octanol–water partition coefficient (Wildman–Crippen LogP) is 4.15. The second kappa shape index (κ2) is 7.47. The van der Waals surface area contributed by atoms with Gasteiger partial charge in [-0.3, -0.25) is 14.8 Å². The van der Waals surface area contributed by atoms with Gasteiger partial charge in [0.25, 0.3) is 5.91 Å². The van der Waals surface area contributed by atoms with Crippen LogP contribution >= 0.6 is 22.9 Å². The molecule has 2 aromatic heterocycles. The number of hydrogen-bond donors (Lipinski definition) is 1. The number of sulfone groups is 1. The molecule has 1 saturated heterocycles. The molecule has 5 rings (SSSR count). The summed E-state index contributed by atoms with van der Waals surface area (Å²) in [7, 11) is -3.03. The van der Waals surface area contributed by atoms with E-state index >= 15 is 0 Å². The Balaban J connectivity index is 1.35. The van der Waals surface area contributed by atoms with Crippen molar-refractivity contribution in [1.29, 1.82) is 0 Å². The third kappa shape index (κ3) is 4.01. The van der Waals surface area contributed by atoms with Crippen molar-refractivity contribution < 1.29 is 13.2 Å². The van der Waals surface area contributed by atoms with Crippen LogP contribution in [-0.4, -0.2) is 40.6 Å². The molecule has 156 valence electrons. The molecule has 1 unspecified atom stereocenters. The molecule has 3 aromatic rings. The number of halogens is 1. The van der Waals surface area contributed by atoms with Crippen molar-refractivity contribution in [2.24, 2.45) is 0 Å². The molecule has 10 heteroatoms. The summed E-state index contributed by atoms with van der Waals surface area (Å²) in [5.74, 6) is 0.287. The van der Waals surface area contributed by atoms with Gasteiger partial charge in [-0.05, 0) is 37.5 Å². The minimum Gasteiger partial charge on any atom is -0.296 e. The fraction of sp³-hybridized carbons (Fsp3) is 0.350. The summed E-state index contributed by atoms with van der Waals surface area (Å²) in [5, 5.41) is 10.3. The van der Waals surface area contributed by atoms with Crippen molar-refractivity contribution in [3.63, 3.8) is 0 Å². The smallest absolute Gasteiger partial charge is 0.277 e. The molecule has 3 heterocycles. The van der Waals surface area contributed by atoms with Crippen LogP contribution in [0.5, 0.6) is 0 Å². The second-order valence-corrected chi connectivity index (χ2v) is 11.3. The van der Waals surface area contributed by atoms with Gasteiger partial charge in [-0.1, -0.05) is 23.7 Å². The Kier molecular flexibility index (Phi) is 4.91. The molecule has 1 amide bonds. The summed E-state index contributed by atoms with van der Waals surface area (Å²) in [6.07, 6.45) is 2.63. The van der Waals surface area contributed by atoms with E-state index in [2.05, 4.69) is 15.4 Å². The number of thiazole rings is 1. The van der Waals surface area contributed by atoms with E-state index in [4.69, 9.17) is 11.6 Å². The Bertz CT molecular complexity index is 1210. The van der Waals surface area contributed by atoms with Gasteiger partial charge in [0.15, 0.2) is 20.7 Å². The zero-order valence-corrected chi connectivity index (χ0v) is 18.3. The highest BCUT2D eigenvalue weighted by Crippen LogP contribution is 2.42. The fourth-order valence-corrected chi connectivity index (χ4v) is 6.24. The minimum atomic E-state index is -3.03. The lowest BCUT2D eigenvalue weighted by molar-refractivity contribution is 0.102. The van der Waals surface area contributed by atoms with E-state index in [-0.39, 0.29) is 23.5 Å². The number of hydrogen-bond acceptors (Lipinski definition) is 6. The Labute approximate surface area is 183 Å². The molecule has 1 aliphatic heterocycles. The van der Waals surface area contributed by atoms with Crippen LogP contribution < -0.4 is 5.32 Å². The largest absolute Gasteiger partial charge is 0.296 e. The van der Waals surface area contributed by atoms with Crippen LogP contribution in [0.25, 0.3) is 11.3 Å². The second-order valence-electron chi connectivity index (χ2n) is 7.73. The van der Waals surface area contributed by atoms with Crippen LogP contribution in [-0.2, 0) is 9.84 Å². The number of anilines is 1. The van der Waals surface area contributed by atoms with Crippen molar-refractivity contribution in [2.45, 2.75) is 31.2 Å². The van der Waals surface area contributed by atoms with Crippen molar-refractivity contribution in [3.05, 3.63) is 52.1 Å². The van der Waals surface area contributed by atoms with Gasteiger partial charge in [0.2, 0.25) is 0 Å². The summed E-state index contributed by atoms with van der Waals surface area (Å²) in [6.45, 7) is 0. The van der Waals surface area contributed by atoms with E-state index < -0.39 is 9.84 Å². The van der Waals surface area contributed by atoms with Crippen LogP contribution in [0.4, 0.5) is 5.13 Å². The first-order chi connectivity index (χ1) is 14.4. The summed E-state index contributed by atoms with van der Waals surface area (Å²) >= 11 is 7.26. The average Bonchev–Trinajstić information content (AvgIpc) is 3.11. The van der Waals surface area contributed by atoms with E-state index in [0.29, 0.717) is 28.2 Å². The van der Waals surface area contributed by atoms with Gasteiger partial charge >= 0.3 is 0 Å². The van der Waals surface area contributed by atoms with Crippen LogP contribution in [0.15, 0.2) is 35.7 Å². The highest BCUT2D eigenvalue weighted by molar-refractivity contribution is 7.91. The zero-order valence-electron chi connectivity index (χ0n) is 15.9. The highest BCUT2D eigenvalue weighted by atomic mass is 35.5. The van der Waals surface area contributed by atoms with Crippen LogP contribution in [0.3, 0.4) is 0 Å². The van der Waals surface area contributed by atoms with Crippen molar-refractivity contribution in [1.82, 2.24) is 14.8 Å². The molecule has 1 saturated carbocycles. The Morgan fingerprint density at radius 3 is 2.63 bits per heavy atom. The van der Waals surface area contributed by atoms with Crippen LogP contribution in [0.1, 0.15) is 47.4 Å². The van der Waals surface area contributed by atoms with Gasteiger partial charge in [0.05, 0.1) is 23.2 Å². The predicted molar refractivity (Wildman–Crippen MR) is 117 cm³/mol. The summed E-state index contributed by atoms with van der Waals surface area (Å²) in [6, 6.07) is 8.95. The van der Waals surface area contributed by atoms with Crippen molar-refractivity contribution >= 4 is 43.8 Å². The Morgan fingerprint density at radius 1 is 1.20 bits per heavy atom. The lowest BCUT2D eigenvalue weighted by atomic mass is 10.2. The van der Waals surface area contributed by atoms with Crippen molar-refractivity contribution in [3.8, 4) is 11.3 Å². The third-order valence-corrected chi connectivity index (χ3v) is 8.17. The molecule has 30 heavy (non-hydrogen) atoms. The van der Waals surface area contributed by atoms with Gasteiger partial charge in [0.1, 0.15) is 0 Å². The number of benzene rings is 1. The first-order valence-electron chi connectivity index (χ1n) is 9.71. The first kappa shape index (κ1) is 19.7. The molecule has 1 aliphatic carbocycles. The molecular weight excluding hydrogens is 444 g/mol. The van der Waals surface area contributed by atoms with Gasteiger partial charge in [-0.15, -0.1) is 11.3 Å². The Hall–Kier alpha value is -2.23. The Morgan fingerprint density at radius 2 is 1.97 bits per heavy atom. The highest BCUT2D eigenvalue weighted by Gasteiger charge is 2.36. The molecular formula is C20H19ClN4O3S2. The van der Waals surface area contributed by atoms with Gasteiger partial charge in [0, 0.05) is 27.6 Å². The number of nitrogens with one attached hydrogen (secondary N) is 1. The van der Waals surface area contributed by atoms with Crippen LogP contribution in [0.2, 0.25) is 5.02 Å². The van der Waals surface area contributed by atoms with Gasteiger partial charge < -0.3 is 0 Å². The summed E-state index contributed by atoms with van der Waals surface area (Å²) in [4.78, 5) is 17.3. The molecule has 0 radical (unpaired) electrons. The third-order valence-electron chi connectivity index (χ3n) is 5.41. The minimum absolute atomic E-state index is 0.0897. The zero-order chi connectivity index (χ0) is 20.9.